The van der Waals surface area contributed by atoms with Gasteiger partial charge in [0.25, 0.3) is 0 Å². The third kappa shape index (κ3) is 2.95. The van der Waals surface area contributed by atoms with E-state index in [1.165, 1.54) is 0 Å². The number of hydrogen-bond acceptors (Lipinski definition) is 1. The molecule has 0 radical (unpaired) electrons. The summed E-state index contributed by atoms with van der Waals surface area (Å²) in [6, 6.07) is 0. The number of alkyl halides is 12. The molecule has 0 aromatic carbocycles. The quantitative estimate of drug-likeness (QED) is 0.618. The van der Waals surface area contributed by atoms with Crippen LogP contribution in [0.5, 0.6) is 0 Å². The third-order valence-corrected chi connectivity index (χ3v) is 2.44. The predicted octanol–water partition coefficient (Wildman–Crippen LogP) is 4.81. The molecule has 0 aliphatic heterocycles. The van der Waals surface area contributed by atoms with Gasteiger partial charge in [-0.1, -0.05) is 6.92 Å². The van der Waals surface area contributed by atoms with E-state index in [9.17, 15) is 52.7 Å². The van der Waals surface area contributed by atoms with Crippen molar-refractivity contribution in [3.8, 4) is 0 Å². The molecule has 0 spiro atoms. The maximum absolute atomic E-state index is 13.5. The Hall–Kier alpha value is -0.880. The van der Waals surface area contributed by atoms with Crippen LogP contribution in [0, 0.1) is 0 Å². The summed E-state index contributed by atoms with van der Waals surface area (Å²) in [4.78, 5) is 0. The predicted molar refractivity (Wildman–Crippen MR) is 47.0 cm³/mol. The van der Waals surface area contributed by atoms with E-state index in [0.29, 0.717) is 0 Å². The van der Waals surface area contributed by atoms with E-state index in [-0.39, 0.29) is 0 Å². The van der Waals surface area contributed by atoms with Gasteiger partial charge in [-0.3, -0.25) is 0 Å². The van der Waals surface area contributed by atoms with Crippen LogP contribution in [0.4, 0.5) is 52.7 Å². The Balaban J connectivity index is 6.31. The van der Waals surface area contributed by atoms with E-state index in [4.69, 9.17) is 0 Å². The van der Waals surface area contributed by atoms with Crippen molar-refractivity contribution < 1.29 is 57.4 Å². The lowest BCUT2D eigenvalue weighted by Gasteiger charge is -2.42. The van der Waals surface area contributed by atoms with Crippen LogP contribution in [0.1, 0.15) is 13.3 Å². The SMILES string of the molecule is CCCOC(F)(C(F)F)C(F)(F)C(F)(C(F)(F)F)C(F)(F)F. The normalized spacial score (nSPS) is 17.7. The summed E-state index contributed by atoms with van der Waals surface area (Å²) < 4.78 is 154. The molecule has 0 saturated heterocycles. The van der Waals surface area contributed by atoms with Gasteiger partial charge < -0.3 is 4.74 Å². The molecule has 1 unspecified atom stereocenters. The first-order chi connectivity index (χ1) is 9.50. The van der Waals surface area contributed by atoms with Crippen LogP contribution in [-0.2, 0) is 4.74 Å². The van der Waals surface area contributed by atoms with Gasteiger partial charge in [-0.2, -0.15) is 39.5 Å². The van der Waals surface area contributed by atoms with Gasteiger partial charge in [0.2, 0.25) is 0 Å². The van der Waals surface area contributed by atoms with Crippen molar-refractivity contribution in [3.05, 3.63) is 0 Å². The molecule has 0 amide bonds. The highest BCUT2D eigenvalue weighted by atomic mass is 19.4. The van der Waals surface area contributed by atoms with Gasteiger partial charge in [0, 0.05) is 0 Å². The molecule has 0 aliphatic carbocycles. The molecule has 0 aromatic rings. The van der Waals surface area contributed by atoms with E-state index in [1.807, 2.05) is 0 Å². The maximum Gasteiger partial charge on any atom is 0.438 e. The van der Waals surface area contributed by atoms with Gasteiger partial charge >= 0.3 is 36.2 Å². The fourth-order valence-corrected chi connectivity index (χ4v) is 1.29. The number of hydrogen-bond donors (Lipinski definition) is 0. The van der Waals surface area contributed by atoms with Crippen molar-refractivity contribution in [1.82, 2.24) is 0 Å². The summed E-state index contributed by atoms with van der Waals surface area (Å²) in [5.74, 6) is -13.4. The molecular formula is C9H8F12O. The molecule has 1 atom stereocenters. The summed E-state index contributed by atoms with van der Waals surface area (Å²) in [5, 5.41) is 0. The summed E-state index contributed by atoms with van der Waals surface area (Å²) in [6.07, 6.45) is -20.6. The average molecular weight is 360 g/mol. The maximum atomic E-state index is 13.5. The zero-order chi connectivity index (χ0) is 18.2. The molecule has 0 aliphatic rings. The second-order valence-electron chi connectivity index (χ2n) is 4.02. The highest BCUT2D eigenvalue weighted by Gasteiger charge is 2.91. The molecule has 0 aromatic heterocycles. The van der Waals surface area contributed by atoms with Crippen LogP contribution in [0.25, 0.3) is 0 Å². The van der Waals surface area contributed by atoms with Crippen LogP contribution in [0.3, 0.4) is 0 Å². The number of halogens is 12. The molecule has 0 fully saturated rings. The van der Waals surface area contributed by atoms with E-state index in [1.54, 1.807) is 0 Å². The zero-order valence-electron chi connectivity index (χ0n) is 10.4. The number of ether oxygens (including phenoxy) is 1. The summed E-state index contributed by atoms with van der Waals surface area (Å²) in [5.41, 5.74) is -7.58. The molecular weight excluding hydrogens is 352 g/mol. The Morgan fingerprint density at radius 2 is 1.14 bits per heavy atom. The smallest absolute Gasteiger partial charge is 0.337 e. The Bertz CT molecular complexity index is 358. The van der Waals surface area contributed by atoms with E-state index >= 15 is 0 Å². The second kappa shape index (κ2) is 5.96. The minimum Gasteiger partial charge on any atom is -0.337 e. The van der Waals surface area contributed by atoms with Crippen LogP contribution in [-0.4, -0.2) is 42.8 Å². The molecule has 0 N–H and O–H groups in total. The lowest BCUT2D eigenvalue weighted by atomic mass is 9.90. The van der Waals surface area contributed by atoms with Crippen LogP contribution >= 0.6 is 0 Å². The molecule has 0 bridgehead atoms. The van der Waals surface area contributed by atoms with Crippen LogP contribution in [0.2, 0.25) is 0 Å². The number of rotatable bonds is 6. The first-order valence-electron chi connectivity index (χ1n) is 5.31. The van der Waals surface area contributed by atoms with Gasteiger partial charge in [0.05, 0.1) is 6.61 Å². The fourth-order valence-electron chi connectivity index (χ4n) is 1.29. The topological polar surface area (TPSA) is 9.23 Å². The van der Waals surface area contributed by atoms with Gasteiger partial charge in [-0.15, -0.1) is 0 Å². The average Bonchev–Trinajstić information content (AvgIpc) is 2.31. The first kappa shape index (κ1) is 21.1. The second-order valence-corrected chi connectivity index (χ2v) is 4.02. The summed E-state index contributed by atoms with van der Waals surface area (Å²) in [6.45, 7) is -0.400. The van der Waals surface area contributed by atoms with E-state index < -0.39 is 49.3 Å². The lowest BCUT2D eigenvalue weighted by molar-refractivity contribution is -0.450. The van der Waals surface area contributed by atoms with Gasteiger partial charge in [-0.05, 0) is 6.42 Å². The fraction of sp³-hybridized carbons (Fsp3) is 1.00. The first-order valence-corrected chi connectivity index (χ1v) is 5.31. The minimum absolute atomic E-state index is 0.522. The Kier molecular flexibility index (Phi) is 5.72. The highest BCUT2D eigenvalue weighted by Crippen LogP contribution is 2.59. The Morgan fingerprint density at radius 1 is 0.773 bits per heavy atom. The lowest BCUT2D eigenvalue weighted by Crippen LogP contribution is -2.73. The minimum atomic E-state index is -7.58. The van der Waals surface area contributed by atoms with Crippen molar-refractivity contribution in [1.29, 1.82) is 0 Å². The van der Waals surface area contributed by atoms with Crippen molar-refractivity contribution in [2.75, 3.05) is 6.61 Å². The van der Waals surface area contributed by atoms with Crippen molar-refractivity contribution in [2.24, 2.45) is 0 Å². The molecule has 0 saturated carbocycles. The molecule has 134 valence electrons. The zero-order valence-corrected chi connectivity index (χ0v) is 10.4. The largest absolute Gasteiger partial charge is 0.438 e. The third-order valence-electron chi connectivity index (χ3n) is 2.44. The monoisotopic (exact) mass is 360 g/mol. The van der Waals surface area contributed by atoms with Crippen LogP contribution < -0.4 is 0 Å². The van der Waals surface area contributed by atoms with E-state index in [2.05, 4.69) is 4.74 Å². The van der Waals surface area contributed by atoms with E-state index in [0.717, 1.165) is 6.92 Å². The van der Waals surface area contributed by atoms with Crippen molar-refractivity contribution >= 4 is 0 Å². The molecule has 22 heavy (non-hydrogen) atoms. The van der Waals surface area contributed by atoms with Gasteiger partial charge in [0.1, 0.15) is 0 Å². The highest BCUT2D eigenvalue weighted by molar-refractivity contribution is 5.12. The summed E-state index contributed by atoms with van der Waals surface area (Å²) >= 11 is 0. The van der Waals surface area contributed by atoms with Gasteiger partial charge in [-0.25, -0.2) is 13.2 Å². The molecule has 1 nitrogen and oxygen atoms in total. The molecule has 0 rings (SSSR count). The Morgan fingerprint density at radius 3 is 1.36 bits per heavy atom. The summed E-state index contributed by atoms with van der Waals surface area (Å²) in [7, 11) is 0. The molecule has 13 heteroatoms. The Labute approximate surface area is 115 Å². The van der Waals surface area contributed by atoms with Gasteiger partial charge in [0.15, 0.2) is 0 Å². The van der Waals surface area contributed by atoms with Crippen molar-refractivity contribution in [3.63, 3.8) is 0 Å². The van der Waals surface area contributed by atoms with Crippen LogP contribution in [0.15, 0.2) is 0 Å². The van der Waals surface area contributed by atoms with Crippen molar-refractivity contribution in [2.45, 2.75) is 49.6 Å². The molecule has 0 heterocycles. The standard InChI is InChI=1S/C9H8F12O/c1-2-3-22-5(12,4(10)11)7(14,15)6(13,8(16,17)18)9(19,20)21/h4H,2-3H2,1H3.